The van der Waals surface area contributed by atoms with Crippen LogP contribution in [0.3, 0.4) is 0 Å². The molecule has 1 heterocycles. The fourth-order valence-electron chi connectivity index (χ4n) is 2.91. The molecule has 0 fully saturated rings. The molecule has 7 nitrogen and oxygen atoms in total. The molecule has 3 aromatic rings. The monoisotopic (exact) mass is 407 g/mol. The van der Waals surface area contributed by atoms with Gasteiger partial charge in [0.25, 0.3) is 11.1 Å². The van der Waals surface area contributed by atoms with Crippen molar-refractivity contribution in [3.05, 3.63) is 97.1 Å². The molecule has 0 aliphatic rings. The van der Waals surface area contributed by atoms with Gasteiger partial charge in [-0.3, -0.25) is 9.59 Å². The molecule has 0 aliphatic carbocycles. The summed E-state index contributed by atoms with van der Waals surface area (Å²) in [7, 11) is 3.76. The molecule has 0 bridgehead atoms. The molecule has 2 aromatic carbocycles. The van der Waals surface area contributed by atoms with E-state index < -0.39 is 6.10 Å². The zero-order valence-electron chi connectivity index (χ0n) is 17.0. The Kier molecular flexibility index (Phi) is 7.00. The summed E-state index contributed by atoms with van der Waals surface area (Å²) in [5.74, 6) is 0.611. The predicted octanol–water partition coefficient (Wildman–Crippen LogP) is 0.0221. The van der Waals surface area contributed by atoms with Gasteiger partial charge in [0.2, 0.25) is 0 Å². The number of rotatable bonds is 7. The van der Waals surface area contributed by atoms with Crippen LogP contribution >= 0.6 is 0 Å². The Morgan fingerprint density at radius 3 is 1.97 bits per heavy atom. The van der Waals surface area contributed by atoms with Gasteiger partial charge >= 0.3 is 0 Å². The zero-order valence-corrected chi connectivity index (χ0v) is 17.0. The third-order valence-corrected chi connectivity index (χ3v) is 4.31. The lowest BCUT2D eigenvalue weighted by Crippen LogP contribution is -2.46. The van der Waals surface area contributed by atoms with E-state index in [0.717, 1.165) is 11.1 Å². The second kappa shape index (κ2) is 9.87. The molecular weight excluding hydrogens is 382 g/mol. The van der Waals surface area contributed by atoms with E-state index in [1.807, 2.05) is 49.3 Å². The molecule has 7 heteroatoms. The van der Waals surface area contributed by atoms with Gasteiger partial charge in [-0.15, -0.1) is 0 Å². The largest absolute Gasteiger partial charge is 0.491 e. The average molecular weight is 407 g/mol. The van der Waals surface area contributed by atoms with Gasteiger partial charge in [0.05, 0.1) is 0 Å². The molecule has 0 saturated carbocycles. The summed E-state index contributed by atoms with van der Waals surface area (Å²) in [6.45, 7) is 0.702. The molecule has 3 N–H and O–H groups in total. The molecule has 3 rings (SSSR count). The minimum atomic E-state index is -0.582. The second-order valence-electron chi connectivity index (χ2n) is 7.23. The second-order valence-corrected chi connectivity index (χ2v) is 7.23. The van der Waals surface area contributed by atoms with Crippen LogP contribution in [0.25, 0.3) is 12.2 Å². The van der Waals surface area contributed by atoms with Crippen LogP contribution in [0, 0.1) is 0 Å². The van der Waals surface area contributed by atoms with Crippen LogP contribution in [-0.4, -0.2) is 53.3 Å². The molecule has 1 atom stereocenters. The van der Waals surface area contributed by atoms with Crippen molar-refractivity contribution < 1.29 is 9.84 Å². The van der Waals surface area contributed by atoms with Crippen molar-refractivity contribution in [2.24, 2.45) is 0 Å². The number of aliphatic hydroxyl groups is 1. The number of nitrogens with one attached hydrogen (secondary N) is 2. The summed E-state index contributed by atoms with van der Waals surface area (Å²) in [5, 5.41) is 10.2. The molecule has 0 saturated heterocycles. The number of hydrogen-bond donors (Lipinski definition) is 3. The Balaban J connectivity index is 1.79. The Bertz CT molecular complexity index is 1200. The summed E-state index contributed by atoms with van der Waals surface area (Å²) >= 11 is 0. The molecule has 1 aromatic heterocycles. The first-order valence-electron chi connectivity index (χ1n) is 9.57. The molecule has 1 unspecified atom stereocenters. The van der Waals surface area contributed by atoms with Gasteiger partial charge in [-0.05, 0) is 49.5 Å². The van der Waals surface area contributed by atoms with E-state index in [4.69, 9.17) is 4.74 Å². The highest BCUT2D eigenvalue weighted by molar-refractivity contribution is 5.50. The Morgan fingerprint density at radius 2 is 1.43 bits per heavy atom. The van der Waals surface area contributed by atoms with Crippen molar-refractivity contribution in [1.82, 2.24) is 14.9 Å². The third kappa shape index (κ3) is 6.04. The summed E-state index contributed by atoms with van der Waals surface area (Å²) in [6, 6.07) is 16.3. The lowest BCUT2D eigenvalue weighted by molar-refractivity contribution is 0.0831. The van der Waals surface area contributed by atoms with Gasteiger partial charge < -0.3 is 24.7 Å². The SMILES string of the molecule is CN(C)CC(O)COc1ccc(/C=c2\[nH]c(=O)/c(=C/c3ccccc3)[nH]c2=O)cc1. The van der Waals surface area contributed by atoms with E-state index in [2.05, 4.69) is 9.97 Å². The summed E-state index contributed by atoms with van der Waals surface area (Å²) < 4.78 is 5.57. The highest BCUT2D eigenvalue weighted by atomic mass is 16.5. The van der Waals surface area contributed by atoms with Crippen LogP contribution in [0.5, 0.6) is 5.75 Å². The minimum Gasteiger partial charge on any atom is -0.491 e. The van der Waals surface area contributed by atoms with Gasteiger partial charge in [-0.1, -0.05) is 42.5 Å². The molecule has 0 aliphatic heterocycles. The first-order chi connectivity index (χ1) is 14.4. The van der Waals surface area contributed by atoms with Gasteiger partial charge in [0, 0.05) is 6.54 Å². The summed E-state index contributed by atoms with van der Waals surface area (Å²) in [6.07, 6.45) is 2.64. The summed E-state index contributed by atoms with van der Waals surface area (Å²) in [5.41, 5.74) is 0.794. The topological polar surface area (TPSA) is 98.4 Å². The summed E-state index contributed by atoms with van der Waals surface area (Å²) in [4.78, 5) is 31.9. The highest BCUT2D eigenvalue weighted by Crippen LogP contribution is 2.12. The van der Waals surface area contributed by atoms with Gasteiger partial charge in [0.1, 0.15) is 29.2 Å². The standard InChI is InChI=1S/C23H25N3O4/c1-26(2)14-18(27)15-30-19-10-8-17(9-11-19)13-21-23(29)24-20(22(28)25-21)12-16-6-4-3-5-7-16/h3-13,18,27H,14-15H2,1-2H3,(H,24,29)(H,25,28)/b20-12-,21-13-. The maximum Gasteiger partial charge on any atom is 0.272 e. The first-order valence-corrected chi connectivity index (χ1v) is 9.57. The van der Waals surface area contributed by atoms with E-state index in [9.17, 15) is 14.7 Å². The minimum absolute atomic E-state index is 0.167. The van der Waals surface area contributed by atoms with Gasteiger partial charge in [0.15, 0.2) is 0 Å². The predicted molar refractivity (Wildman–Crippen MR) is 117 cm³/mol. The van der Waals surface area contributed by atoms with Crippen molar-refractivity contribution in [2.75, 3.05) is 27.2 Å². The third-order valence-electron chi connectivity index (χ3n) is 4.31. The van der Waals surface area contributed by atoms with Crippen LogP contribution < -0.4 is 26.6 Å². The number of ether oxygens (including phenoxy) is 1. The lowest BCUT2D eigenvalue weighted by atomic mass is 10.2. The molecule has 156 valence electrons. The number of aromatic nitrogens is 2. The van der Waals surface area contributed by atoms with Crippen molar-refractivity contribution in [3.63, 3.8) is 0 Å². The van der Waals surface area contributed by atoms with Crippen molar-refractivity contribution in [3.8, 4) is 5.75 Å². The quantitative estimate of drug-likeness (QED) is 0.513. The van der Waals surface area contributed by atoms with Crippen LogP contribution in [0.1, 0.15) is 11.1 Å². The van der Waals surface area contributed by atoms with Gasteiger partial charge in [-0.25, -0.2) is 0 Å². The smallest absolute Gasteiger partial charge is 0.272 e. The Hall–Kier alpha value is -3.42. The van der Waals surface area contributed by atoms with Gasteiger partial charge in [-0.2, -0.15) is 0 Å². The number of likely N-dealkylation sites (N-methyl/N-ethyl adjacent to an activating group) is 1. The number of H-pyrrole nitrogens is 2. The van der Waals surface area contributed by atoms with E-state index in [1.165, 1.54) is 0 Å². The maximum atomic E-state index is 12.4. The normalized spacial score (nSPS) is 13.6. The first kappa shape index (κ1) is 21.3. The number of nitrogens with zero attached hydrogens (tertiary/aromatic N) is 1. The van der Waals surface area contributed by atoms with Crippen LogP contribution in [-0.2, 0) is 0 Å². The highest BCUT2D eigenvalue weighted by Gasteiger charge is 2.06. The molecule has 0 radical (unpaired) electrons. The molecule has 0 amide bonds. The Labute approximate surface area is 173 Å². The average Bonchev–Trinajstić information content (AvgIpc) is 2.71. The van der Waals surface area contributed by atoms with Crippen molar-refractivity contribution in [2.45, 2.75) is 6.10 Å². The fraction of sp³-hybridized carbons (Fsp3) is 0.217. The van der Waals surface area contributed by atoms with Crippen LogP contribution in [0.2, 0.25) is 0 Å². The van der Waals surface area contributed by atoms with E-state index >= 15 is 0 Å². The fourth-order valence-corrected chi connectivity index (χ4v) is 2.91. The van der Waals surface area contributed by atoms with Crippen LogP contribution in [0.15, 0.2) is 64.2 Å². The number of hydrogen-bond acceptors (Lipinski definition) is 5. The lowest BCUT2D eigenvalue weighted by Gasteiger charge is -2.16. The number of aliphatic hydroxyl groups excluding tert-OH is 1. The van der Waals surface area contributed by atoms with E-state index in [-0.39, 0.29) is 28.4 Å². The molecule has 30 heavy (non-hydrogen) atoms. The van der Waals surface area contributed by atoms with Crippen molar-refractivity contribution in [1.29, 1.82) is 0 Å². The van der Waals surface area contributed by atoms with E-state index in [0.29, 0.717) is 12.3 Å². The maximum absolute atomic E-state index is 12.4. The number of aromatic amines is 2. The Morgan fingerprint density at radius 1 is 0.900 bits per heavy atom. The van der Waals surface area contributed by atoms with E-state index in [1.54, 1.807) is 36.4 Å². The van der Waals surface area contributed by atoms with Crippen LogP contribution in [0.4, 0.5) is 0 Å². The van der Waals surface area contributed by atoms with Crippen molar-refractivity contribution >= 4 is 12.2 Å². The molecular formula is C23H25N3O4. The molecule has 0 spiro atoms. The zero-order chi connectivity index (χ0) is 21.5. The number of benzene rings is 2.